The molecular formula is CCl2I3-. The molecule has 0 fully saturated rings. The summed E-state index contributed by atoms with van der Waals surface area (Å²) in [6, 6.07) is 0. The quantitative estimate of drug-likeness (QED) is 0.378. The Morgan fingerprint density at radius 1 is 1.50 bits per heavy atom. The van der Waals surface area contributed by atoms with Crippen molar-refractivity contribution in [2.24, 2.45) is 0 Å². The molecule has 0 radical (unpaired) electrons. The fourth-order valence-corrected chi connectivity index (χ4v) is 0. The van der Waals surface area contributed by atoms with Gasteiger partial charge in [-0.15, -0.1) is 0 Å². The van der Waals surface area contributed by atoms with E-state index in [1.165, 1.54) is 0 Å². The van der Waals surface area contributed by atoms with Crippen molar-refractivity contribution < 1.29 is 20.1 Å². The molecule has 0 bridgehead atoms. The summed E-state index contributed by atoms with van der Waals surface area (Å²) in [7, 11) is 5.44. The molecule has 0 aromatic rings. The van der Waals surface area contributed by atoms with Gasteiger partial charge in [-0.05, 0) is 0 Å². The molecule has 0 rings (SSSR count). The monoisotopic (exact) mass is 463 g/mol. The molecule has 0 aromatic carbocycles. The van der Waals surface area contributed by atoms with Crippen molar-refractivity contribution in [2.75, 3.05) is 0 Å². The average Bonchev–Trinajstić information content (AvgIpc) is 1.35. The van der Waals surface area contributed by atoms with Crippen molar-refractivity contribution in [1.29, 1.82) is 0 Å². The van der Waals surface area contributed by atoms with Crippen molar-refractivity contribution >= 4 is 65.7 Å². The second-order valence-corrected chi connectivity index (χ2v) is 15.4. The van der Waals surface area contributed by atoms with Crippen LogP contribution in [0.1, 0.15) is 0 Å². The second-order valence-electron chi connectivity index (χ2n) is 0.500. The third kappa shape index (κ3) is 6.77. The van der Waals surface area contributed by atoms with E-state index in [-0.39, 0.29) is 19.0 Å². The van der Waals surface area contributed by atoms with Crippen LogP contribution in [0.25, 0.3) is 0 Å². The topological polar surface area (TPSA) is 0 Å². The molecule has 0 saturated heterocycles. The van der Waals surface area contributed by atoms with Crippen molar-refractivity contribution in [3.63, 3.8) is 0 Å². The number of rotatable bonds is 1. The van der Waals surface area contributed by atoms with Crippen LogP contribution in [-0.4, -0.2) is -1.11 Å². The predicted molar refractivity (Wildman–Crippen MR) is 42.5 cm³/mol. The normalized spacial score (nSPS) is 12.7. The van der Waals surface area contributed by atoms with Gasteiger partial charge < -0.3 is 0 Å². The molecule has 0 aliphatic carbocycles. The van der Waals surface area contributed by atoms with Gasteiger partial charge >= 0.3 is 84.7 Å². The first-order chi connectivity index (χ1) is 2.56. The zero-order chi connectivity index (χ0) is 5.21. The zero-order valence-corrected chi connectivity index (χ0v) is 10.4. The van der Waals surface area contributed by atoms with Gasteiger partial charge in [-0.25, -0.2) is 0 Å². The molecule has 0 heterocycles. The van der Waals surface area contributed by atoms with Crippen LogP contribution in [0.15, 0.2) is 0 Å². The Kier molecular flexibility index (Phi) is 5.45. The molecule has 0 nitrogen and oxygen atoms in total. The van der Waals surface area contributed by atoms with E-state index in [4.69, 9.17) is 20.5 Å². The molecule has 0 amide bonds. The van der Waals surface area contributed by atoms with Gasteiger partial charge in [0.15, 0.2) is 0 Å². The summed E-state index contributed by atoms with van der Waals surface area (Å²) in [6.45, 7) is 0. The predicted octanol–water partition coefficient (Wildman–Crippen LogP) is -0.0507. The maximum absolute atomic E-state index is 5.61. The van der Waals surface area contributed by atoms with Crippen LogP contribution in [0.4, 0.5) is 0 Å². The van der Waals surface area contributed by atoms with E-state index in [1.54, 1.807) is 0 Å². The van der Waals surface area contributed by atoms with Crippen LogP contribution in [0.2, 0.25) is 0 Å². The summed E-state index contributed by atoms with van der Waals surface area (Å²) >= 11 is 9.50. The third-order valence-corrected chi connectivity index (χ3v) is 8.92. The molecule has 0 N–H and O–H groups in total. The fraction of sp³-hybridized carbons (Fsp3) is 1.00. The fourth-order valence-electron chi connectivity index (χ4n) is 0. The van der Waals surface area contributed by atoms with E-state index in [0.717, 1.165) is 0 Å². The molecular weight excluding hydrogens is 464 g/mol. The van der Waals surface area contributed by atoms with E-state index in [0.29, 0.717) is 0 Å². The molecule has 0 aliphatic rings. The van der Waals surface area contributed by atoms with Crippen LogP contribution >= 0.6 is 65.7 Å². The van der Waals surface area contributed by atoms with E-state index < -0.39 is 0 Å². The van der Waals surface area contributed by atoms with E-state index >= 15 is 0 Å². The Hall–Kier alpha value is 2.77. The van der Waals surface area contributed by atoms with E-state index in [1.807, 2.05) is 0 Å². The number of hydrogen-bond acceptors (Lipinski definition) is 0. The van der Waals surface area contributed by atoms with Gasteiger partial charge in [0, 0.05) is 0 Å². The Morgan fingerprint density at radius 2 is 1.67 bits per heavy atom. The molecule has 0 atom stereocenters. The van der Waals surface area contributed by atoms with Crippen molar-refractivity contribution in [3.05, 3.63) is 0 Å². The van der Waals surface area contributed by atoms with Crippen molar-refractivity contribution in [1.82, 2.24) is 0 Å². The van der Waals surface area contributed by atoms with Gasteiger partial charge in [-0.3, -0.25) is 0 Å². The first-order valence-electron chi connectivity index (χ1n) is 0.899. The van der Waals surface area contributed by atoms with Crippen LogP contribution in [0.5, 0.6) is 0 Å². The van der Waals surface area contributed by atoms with Gasteiger partial charge in [-0.1, -0.05) is 0 Å². The summed E-state index contributed by atoms with van der Waals surface area (Å²) in [5.41, 5.74) is 0. The molecule has 0 aliphatic heterocycles. The van der Waals surface area contributed by atoms with Crippen molar-refractivity contribution in [2.45, 2.75) is -1.11 Å². The summed E-state index contributed by atoms with van der Waals surface area (Å²) < 4.78 is -0.171. The Bertz CT molecular complexity index is 38.5. The van der Waals surface area contributed by atoms with Crippen LogP contribution < -0.4 is 20.1 Å². The van der Waals surface area contributed by atoms with Crippen LogP contribution in [0, 0.1) is 0 Å². The zero-order valence-electron chi connectivity index (χ0n) is 2.39. The number of hydrogen-bond donors (Lipinski definition) is 0. The van der Waals surface area contributed by atoms with Gasteiger partial charge in [0.25, 0.3) is 0 Å². The second kappa shape index (κ2) is 3.73. The maximum atomic E-state index is 5.61. The van der Waals surface area contributed by atoms with Crippen LogP contribution in [0.3, 0.4) is 0 Å². The summed E-state index contributed by atoms with van der Waals surface area (Å²) in [4.78, 5) is 0. The standard InChI is InChI=1S/CCl2I3/c2-1(4,5)6-3/q-1. The Labute approximate surface area is 83.0 Å². The summed E-state index contributed by atoms with van der Waals surface area (Å²) in [5, 5.41) is 0. The van der Waals surface area contributed by atoms with Gasteiger partial charge in [-0.2, -0.15) is 0 Å². The Balaban J connectivity index is 3.17. The first-order valence-corrected chi connectivity index (χ1v) is 7.25. The molecule has 0 aromatic heterocycles. The third-order valence-electron chi connectivity index (χ3n) is 0.0810. The summed E-state index contributed by atoms with van der Waals surface area (Å²) in [6.07, 6.45) is 0. The minimum atomic E-state index is -0.325. The molecule has 6 heavy (non-hydrogen) atoms. The van der Waals surface area contributed by atoms with Gasteiger partial charge in [0.05, 0.1) is 0 Å². The molecule has 40 valence electrons. The first kappa shape index (κ1) is 8.77. The molecule has 0 unspecified atom stereocenters. The molecule has 5 heteroatoms. The van der Waals surface area contributed by atoms with E-state index in [2.05, 4.69) is 45.2 Å². The van der Waals surface area contributed by atoms with Crippen molar-refractivity contribution in [3.8, 4) is 0 Å². The summed E-state index contributed by atoms with van der Waals surface area (Å²) in [5.74, 6) is 0. The van der Waals surface area contributed by atoms with E-state index in [9.17, 15) is 0 Å². The Morgan fingerprint density at radius 3 is 1.67 bits per heavy atom. The molecule has 0 spiro atoms. The average molecular weight is 464 g/mol. The minimum absolute atomic E-state index is 0.171. The van der Waals surface area contributed by atoms with Gasteiger partial charge in [0.2, 0.25) is 0 Å². The number of alkyl halides is 4. The van der Waals surface area contributed by atoms with Gasteiger partial charge in [0.1, 0.15) is 0 Å². The molecule has 0 saturated carbocycles. The SMILES string of the molecule is Cl[I-]C(Cl)(I)I. The van der Waals surface area contributed by atoms with Crippen LogP contribution in [-0.2, 0) is 0 Å². The number of halogens is 5.